The summed E-state index contributed by atoms with van der Waals surface area (Å²) >= 11 is 0. The van der Waals surface area contributed by atoms with Crippen LogP contribution < -0.4 is 5.63 Å². The Morgan fingerprint density at radius 1 is 1.16 bits per heavy atom. The Morgan fingerprint density at radius 3 is 2.52 bits per heavy atom. The summed E-state index contributed by atoms with van der Waals surface area (Å²) < 4.78 is 9.75. The molecule has 0 aliphatic carbocycles. The number of esters is 1. The van der Waals surface area contributed by atoms with Gasteiger partial charge in [-0.05, 0) is 37.3 Å². The molecule has 0 spiro atoms. The van der Waals surface area contributed by atoms with E-state index in [4.69, 9.17) is 9.15 Å². The van der Waals surface area contributed by atoms with Crippen LogP contribution >= 0.6 is 0 Å². The Balaban J connectivity index is 1.94. The Hall–Kier alpha value is -3.41. The molecule has 0 saturated heterocycles. The van der Waals surface area contributed by atoms with Gasteiger partial charge in [0, 0.05) is 11.6 Å². The van der Waals surface area contributed by atoms with E-state index in [1.165, 1.54) is 6.21 Å². The van der Waals surface area contributed by atoms with Crippen LogP contribution in [0.3, 0.4) is 0 Å². The van der Waals surface area contributed by atoms with Crippen molar-refractivity contribution in [2.24, 2.45) is 4.99 Å². The van der Waals surface area contributed by atoms with Crippen LogP contribution in [0.5, 0.6) is 5.95 Å². The van der Waals surface area contributed by atoms with Gasteiger partial charge < -0.3 is 14.3 Å². The van der Waals surface area contributed by atoms with Gasteiger partial charge in [-0.1, -0.05) is 18.2 Å². The van der Waals surface area contributed by atoms with Crippen LogP contribution in [-0.2, 0) is 4.74 Å². The number of ether oxygens (including phenoxy) is 1. The maximum Gasteiger partial charge on any atom is 0.346 e. The summed E-state index contributed by atoms with van der Waals surface area (Å²) in [5, 5.41) is 10.8. The quantitative estimate of drug-likeness (QED) is 0.582. The van der Waals surface area contributed by atoms with Gasteiger partial charge in [0.05, 0.1) is 28.8 Å². The molecule has 0 aliphatic rings. The first-order valence-electron chi connectivity index (χ1n) is 7.66. The highest BCUT2D eigenvalue weighted by atomic mass is 16.5. The minimum Gasteiger partial charge on any atom is -0.480 e. The molecule has 2 aromatic carbocycles. The molecule has 1 N–H and O–H groups in total. The third-order valence-corrected chi connectivity index (χ3v) is 3.58. The molecule has 6 heteroatoms. The summed E-state index contributed by atoms with van der Waals surface area (Å²) in [6.45, 7) is 2.05. The second kappa shape index (κ2) is 7.00. The molecule has 0 atom stereocenters. The molecule has 1 heterocycles. The minimum atomic E-state index is -0.607. The number of aliphatic imine (C=N–C) groups is 1. The third-order valence-electron chi connectivity index (χ3n) is 3.58. The number of hydrogen-bond acceptors (Lipinski definition) is 6. The van der Waals surface area contributed by atoms with Crippen molar-refractivity contribution in [3.63, 3.8) is 0 Å². The molecule has 0 amide bonds. The summed E-state index contributed by atoms with van der Waals surface area (Å²) in [6, 6.07) is 13.3. The van der Waals surface area contributed by atoms with Crippen LogP contribution in [0.15, 0.2) is 62.7 Å². The lowest BCUT2D eigenvalue weighted by Crippen LogP contribution is -2.03. The minimum absolute atomic E-state index is 0.310. The molecule has 3 aromatic rings. The first-order valence-corrected chi connectivity index (χ1v) is 7.66. The highest BCUT2D eigenvalue weighted by Gasteiger charge is 2.11. The Kier molecular flexibility index (Phi) is 4.61. The van der Waals surface area contributed by atoms with Crippen molar-refractivity contribution in [3.05, 3.63) is 70.1 Å². The van der Waals surface area contributed by atoms with Crippen LogP contribution in [0, 0.1) is 0 Å². The molecular weight excluding hydrogens is 322 g/mol. The number of benzene rings is 2. The van der Waals surface area contributed by atoms with Crippen LogP contribution in [0.1, 0.15) is 22.8 Å². The van der Waals surface area contributed by atoms with Gasteiger partial charge in [0.15, 0.2) is 0 Å². The van der Waals surface area contributed by atoms with Gasteiger partial charge in [-0.15, -0.1) is 0 Å². The van der Waals surface area contributed by atoms with Crippen molar-refractivity contribution in [2.45, 2.75) is 6.92 Å². The van der Waals surface area contributed by atoms with E-state index in [-0.39, 0.29) is 0 Å². The standard InChI is InChI=1S/C19H15NO5/c1-2-24-17(21)12-7-9-13(10-8-12)20-11-16-14-5-3-4-6-15(14)18(22)25-19(16)23/h3-11,23H,2H2,1H3. The zero-order valence-electron chi connectivity index (χ0n) is 13.4. The zero-order valence-corrected chi connectivity index (χ0v) is 13.4. The third kappa shape index (κ3) is 3.42. The van der Waals surface area contributed by atoms with E-state index >= 15 is 0 Å². The molecule has 1 aromatic heterocycles. The fourth-order valence-electron chi connectivity index (χ4n) is 2.37. The average molecular weight is 337 g/mol. The highest BCUT2D eigenvalue weighted by molar-refractivity contribution is 6.01. The summed E-state index contributed by atoms with van der Waals surface area (Å²) in [5.74, 6) is -0.887. The Morgan fingerprint density at radius 2 is 1.84 bits per heavy atom. The lowest BCUT2D eigenvalue weighted by atomic mass is 10.1. The van der Waals surface area contributed by atoms with E-state index in [0.717, 1.165) is 0 Å². The molecule has 0 fully saturated rings. The normalized spacial score (nSPS) is 11.1. The molecule has 6 nitrogen and oxygen atoms in total. The molecule has 126 valence electrons. The maximum atomic E-state index is 11.8. The number of aromatic hydroxyl groups is 1. The van der Waals surface area contributed by atoms with Crippen LogP contribution in [0.2, 0.25) is 0 Å². The fourth-order valence-corrected chi connectivity index (χ4v) is 2.37. The van der Waals surface area contributed by atoms with Crippen molar-refractivity contribution in [1.82, 2.24) is 0 Å². The second-order valence-electron chi connectivity index (χ2n) is 5.18. The van der Waals surface area contributed by atoms with E-state index < -0.39 is 17.5 Å². The number of hydrogen-bond donors (Lipinski definition) is 1. The van der Waals surface area contributed by atoms with Gasteiger partial charge in [0.25, 0.3) is 5.95 Å². The molecule has 0 saturated carbocycles. The van der Waals surface area contributed by atoms with Gasteiger partial charge in [0.1, 0.15) is 0 Å². The van der Waals surface area contributed by atoms with E-state index in [9.17, 15) is 14.7 Å². The lowest BCUT2D eigenvalue weighted by molar-refractivity contribution is 0.0526. The van der Waals surface area contributed by atoms with Gasteiger partial charge in [-0.2, -0.15) is 0 Å². The predicted octanol–water partition coefficient (Wildman–Crippen LogP) is 3.43. The number of fused-ring (bicyclic) bond motifs is 1. The fraction of sp³-hybridized carbons (Fsp3) is 0.105. The number of nitrogens with zero attached hydrogens (tertiary/aromatic N) is 1. The molecule has 0 aliphatic heterocycles. The van der Waals surface area contributed by atoms with Crippen LogP contribution in [0.4, 0.5) is 5.69 Å². The Labute approximate surface area is 143 Å². The summed E-state index contributed by atoms with van der Waals surface area (Å²) in [5.41, 5.74) is 0.705. The number of carbonyl (C=O) groups is 1. The molecule has 0 unspecified atom stereocenters. The van der Waals surface area contributed by atoms with Gasteiger partial charge >= 0.3 is 11.6 Å². The summed E-state index contributed by atoms with van der Waals surface area (Å²) in [4.78, 5) is 27.7. The maximum absolute atomic E-state index is 11.8. The molecule has 0 bridgehead atoms. The summed E-state index contributed by atoms with van der Waals surface area (Å²) in [7, 11) is 0. The van der Waals surface area contributed by atoms with Crippen molar-refractivity contribution in [3.8, 4) is 5.95 Å². The van der Waals surface area contributed by atoms with E-state index in [2.05, 4.69) is 4.99 Å². The van der Waals surface area contributed by atoms with Crippen LogP contribution in [-0.4, -0.2) is 23.9 Å². The topological polar surface area (TPSA) is 89.1 Å². The van der Waals surface area contributed by atoms with Crippen molar-refractivity contribution in [2.75, 3.05) is 6.61 Å². The first kappa shape index (κ1) is 16.4. The van der Waals surface area contributed by atoms with E-state index in [1.807, 2.05) is 0 Å². The van der Waals surface area contributed by atoms with Crippen molar-refractivity contribution in [1.29, 1.82) is 0 Å². The molecule has 3 rings (SSSR count). The second-order valence-corrected chi connectivity index (χ2v) is 5.18. The average Bonchev–Trinajstić information content (AvgIpc) is 2.62. The molecule has 0 radical (unpaired) electrons. The highest BCUT2D eigenvalue weighted by Crippen LogP contribution is 2.23. The predicted molar refractivity (Wildman–Crippen MR) is 93.8 cm³/mol. The molecule has 25 heavy (non-hydrogen) atoms. The lowest BCUT2D eigenvalue weighted by Gasteiger charge is -2.03. The van der Waals surface area contributed by atoms with Gasteiger partial charge in [-0.3, -0.25) is 4.99 Å². The van der Waals surface area contributed by atoms with E-state index in [0.29, 0.717) is 34.2 Å². The van der Waals surface area contributed by atoms with Crippen molar-refractivity contribution < 1.29 is 19.1 Å². The largest absolute Gasteiger partial charge is 0.480 e. The zero-order chi connectivity index (χ0) is 17.8. The first-order chi connectivity index (χ1) is 12.1. The number of rotatable bonds is 4. The SMILES string of the molecule is CCOC(=O)c1ccc(N=Cc2c(O)oc(=O)c3ccccc23)cc1. The number of carbonyl (C=O) groups excluding carboxylic acids is 1. The summed E-state index contributed by atoms with van der Waals surface area (Å²) in [6.07, 6.45) is 1.42. The molecular formula is C19H15NO5. The van der Waals surface area contributed by atoms with Crippen molar-refractivity contribution >= 4 is 28.6 Å². The van der Waals surface area contributed by atoms with E-state index in [1.54, 1.807) is 55.5 Å². The Bertz CT molecular complexity index is 1000. The van der Waals surface area contributed by atoms with Gasteiger partial charge in [-0.25, -0.2) is 9.59 Å². The monoisotopic (exact) mass is 337 g/mol. The smallest absolute Gasteiger partial charge is 0.346 e. The van der Waals surface area contributed by atoms with Gasteiger partial charge in [0.2, 0.25) is 0 Å². The van der Waals surface area contributed by atoms with Crippen LogP contribution in [0.25, 0.3) is 10.8 Å².